The summed E-state index contributed by atoms with van der Waals surface area (Å²) in [7, 11) is -3.69. The Morgan fingerprint density at radius 2 is 1.85 bits per heavy atom. The molecule has 4 N–H and O–H groups in total. The Balaban J connectivity index is 2.12. The molecule has 0 spiro atoms. The highest BCUT2D eigenvalue weighted by Crippen LogP contribution is 2.40. The van der Waals surface area contributed by atoms with E-state index in [1.807, 2.05) is 20.8 Å². The van der Waals surface area contributed by atoms with E-state index in [1.54, 1.807) is 43.9 Å². The molecule has 40 heavy (non-hydrogen) atoms. The van der Waals surface area contributed by atoms with Gasteiger partial charge in [0.1, 0.15) is 23.4 Å². The van der Waals surface area contributed by atoms with Gasteiger partial charge in [0.2, 0.25) is 7.44 Å². The lowest BCUT2D eigenvalue weighted by atomic mass is 10.1. The van der Waals surface area contributed by atoms with E-state index < -0.39 is 37.1 Å². The van der Waals surface area contributed by atoms with Gasteiger partial charge in [-0.1, -0.05) is 40.0 Å². The number of pyridine rings is 1. The summed E-state index contributed by atoms with van der Waals surface area (Å²) in [5.74, 6) is -0.934. The fourth-order valence-corrected chi connectivity index (χ4v) is 6.28. The molecule has 0 saturated heterocycles. The van der Waals surface area contributed by atoms with Gasteiger partial charge >= 0.3 is 11.9 Å². The van der Waals surface area contributed by atoms with Crippen LogP contribution in [0.4, 0.5) is 5.69 Å². The van der Waals surface area contributed by atoms with E-state index in [0.29, 0.717) is 23.4 Å². The normalized spacial score (nSPS) is 15.1. The lowest BCUT2D eigenvalue weighted by molar-refractivity contribution is -0.149. The summed E-state index contributed by atoms with van der Waals surface area (Å²) in [6, 6.07) is 0.764. The van der Waals surface area contributed by atoms with Gasteiger partial charge in [-0.15, -0.1) is 0 Å². The van der Waals surface area contributed by atoms with Crippen LogP contribution in [0.1, 0.15) is 74.1 Å². The molecule has 12 nitrogen and oxygen atoms in total. The number of nitrogens with two attached hydrogens (primary N) is 1. The molecule has 0 radical (unpaired) electrons. The minimum absolute atomic E-state index is 0.153. The molecule has 2 heterocycles. The Hall–Kier alpha value is -2.53. The van der Waals surface area contributed by atoms with Crippen molar-refractivity contribution in [3.8, 4) is 0 Å². The van der Waals surface area contributed by atoms with Gasteiger partial charge in [0, 0.05) is 6.20 Å². The molecule has 0 aliphatic heterocycles. The third-order valence-electron chi connectivity index (χ3n) is 6.05. The average Bonchev–Trinajstić information content (AvgIpc) is 3.29. The monoisotopic (exact) mass is 582 g/mol. The smallest absolute Gasteiger partial charge is 0.326 e. The zero-order valence-electron chi connectivity index (χ0n) is 24.9. The number of anilines is 1. The van der Waals surface area contributed by atoms with Gasteiger partial charge in [0.05, 0.1) is 37.9 Å². The first-order valence-corrected chi connectivity index (χ1v) is 15.8. The first-order valence-electron chi connectivity index (χ1n) is 13.9. The number of hydrogen-bond donors (Lipinski definition) is 3. The number of nitrogens with zero attached hydrogens (tertiary/aromatic N) is 3. The van der Waals surface area contributed by atoms with Gasteiger partial charge in [-0.3, -0.25) is 14.2 Å². The van der Waals surface area contributed by atoms with Crippen molar-refractivity contribution in [2.75, 3.05) is 25.3 Å². The number of ether oxygens (including phenoxy) is 3. The fourth-order valence-electron chi connectivity index (χ4n) is 3.89. The second kappa shape index (κ2) is 15.5. The molecule has 226 valence electrons. The molecule has 0 fully saturated rings. The van der Waals surface area contributed by atoms with E-state index in [0.717, 1.165) is 25.7 Å². The second-order valence-electron chi connectivity index (χ2n) is 11.1. The molecular weight excluding hydrogens is 535 g/mol. The molecule has 0 aromatic carbocycles. The lowest BCUT2D eigenvalue weighted by Crippen LogP contribution is -2.50. The fraction of sp³-hybridized carbons (Fsp3) is 0.704. The summed E-state index contributed by atoms with van der Waals surface area (Å²) < 4.78 is 32.7. The Morgan fingerprint density at radius 1 is 1.12 bits per heavy atom. The molecule has 0 saturated carbocycles. The van der Waals surface area contributed by atoms with Crippen LogP contribution in [-0.4, -0.2) is 63.7 Å². The predicted octanol–water partition coefficient (Wildman–Crippen LogP) is 4.24. The van der Waals surface area contributed by atoms with Crippen LogP contribution in [-0.2, 0) is 34.9 Å². The maximum atomic E-state index is 14.2. The number of fused-ring (bicyclic) bond motifs is 1. The van der Waals surface area contributed by atoms with E-state index >= 15 is 0 Å². The Kier molecular flexibility index (Phi) is 13.0. The molecule has 2 rings (SSSR count). The van der Waals surface area contributed by atoms with Gasteiger partial charge in [-0.25, -0.2) is 20.1 Å². The number of nitrogens with one attached hydrogen (secondary N) is 2. The summed E-state index contributed by atoms with van der Waals surface area (Å²) in [6.45, 7) is 13.4. The van der Waals surface area contributed by atoms with Gasteiger partial charge in [-0.05, 0) is 46.1 Å². The van der Waals surface area contributed by atoms with Crippen LogP contribution in [0.25, 0.3) is 11.2 Å². The van der Waals surface area contributed by atoms with Crippen molar-refractivity contribution in [2.24, 2.45) is 5.92 Å². The topological polar surface area (TPSA) is 160 Å². The number of hydrogen-bond acceptors (Lipinski definition) is 9. The van der Waals surface area contributed by atoms with E-state index in [9.17, 15) is 14.2 Å². The van der Waals surface area contributed by atoms with Gasteiger partial charge in [0.15, 0.2) is 5.65 Å². The first kappa shape index (κ1) is 33.7. The van der Waals surface area contributed by atoms with Crippen LogP contribution < -0.4 is 15.9 Å². The molecule has 0 aliphatic carbocycles. The maximum Gasteiger partial charge on any atom is 0.326 e. The zero-order valence-corrected chi connectivity index (χ0v) is 25.8. The van der Waals surface area contributed by atoms with Crippen molar-refractivity contribution < 1.29 is 28.4 Å². The van der Waals surface area contributed by atoms with Crippen molar-refractivity contribution in [1.82, 2.24) is 24.7 Å². The highest BCUT2D eigenvalue weighted by atomic mass is 31.2. The number of esters is 2. The van der Waals surface area contributed by atoms with Crippen LogP contribution in [0.3, 0.4) is 0 Å². The molecule has 13 heteroatoms. The highest BCUT2D eigenvalue weighted by Gasteiger charge is 2.39. The van der Waals surface area contributed by atoms with E-state index in [-0.39, 0.29) is 25.5 Å². The minimum Gasteiger partial charge on any atom is -0.464 e. The first-order chi connectivity index (χ1) is 18.8. The van der Waals surface area contributed by atoms with Crippen molar-refractivity contribution in [3.05, 3.63) is 18.6 Å². The van der Waals surface area contributed by atoms with Gasteiger partial charge < -0.3 is 24.5 Å². The molecule has 2 aromatic heterocycles. The summed E-state index contributed by atoms with van der Waals surface area (Å²) in [6.07, 6.45) is 6.37. The summed E-state index contributed by atoms with van der Waals surface area (Å²) in [5.41, 5.74) is 6.39. The molecule has 0 bridgehead atoms. The van der Waals surface area contributed by atoms with Crippen LogP contribution in [0.15, 0.2) is 18.6 Å². The quantitative estimate of drug-likeness (QED) is 0.131. The molecule has 3 atom stereocenters. The number of rotatable bonds is 18. The second-order valence-corrected chi connectivity index (χ2v) is 13.3. The number of unbranched alkanes of at least 4 members (excludes halogenated alkanes) is 3. The third kappa shape index (κ3) is 10.5. The van der Waals surface area contributed by atoms with Crippen LogP contribution in [0, 0.1) is 5.92 Å². The van der Waals surface area contributed by atoms with Crippen molar-refractivity contribution in [1.29, 1.82) is 0 Å². The Bertz CT molecular complexity index is 1150. The molecule has 1 unspecified atom stereocenters. The zero-order chi connectivity index (χ0) is 29.9. The lowest BCUT2D eigenvalue weighted by Gasteiger charge is -2.32. The van der Waals surface area contributed by atoms with Crippen LogP contribution in [0.5, 0.6) is 0 Å². The molecule has 0 aliphatic rings. The van der Waals surface area contributed by atoms with E-state index in [4.69, 9.17) is 19.9 Å². The number of carbonyl (C=O) groups excluding carboxylic acids is 2. The van der Waals surface area contributed by atoms with Crippen LogP contribution >= 0.6 is 7.44 Å². The minimum atomic E-state index is -3.69. The average molecular weight is 583 g/mol. The number of imidazole rings is 1. The summed E-state index contributed by atoms with van der Waals surface area (Å²) >= 11 is 0. The van der Waals surface area contributed by atoms with Crippen molar-refractivity contribution >= 4 is 36.2 Å². The SMILES string of the molecule is CCCCCCOC(=O)C(C)(C)NP(=O)(CO[C@H](C)Cn1cnc2c(N)ccnc21)N[C@H](C)C(=O)OCC(C)C. The van der Waals surface area contributed by atoms with E-state index in [1.165, 1.54) is 0 Å². The number of carbonyl (C=O) groups is 2. The molecule has 0 amide bonds. The van der Waals surface area contributed by atoms with Gasteiger partial charge in [-0.2, -0.15) is 0 Å². The molecule has 2 aromatic rings. The van der Waals surface area contributed by atoms with Crippen molar-refractivity contribution in [2.45, 2.75) is 98.4 Å². The third-order valence-corrected chi connectivity index (χ3v) is 8.28. The standard InChI is InChI=1S/C27H47N6O6P/c1-8-9-10-11-14-37-26(35)27(6,7)32-40(36,31-21(5)25(34)38-16-19(2)3)18-39-20(4)15-33-17-30-23-22(28)12-13-29-24(23)33/h12-13,17,19-21H,8-11,14-16,18H2,1-7H3,(H2,28,29)(H2,31,32,36)/t20-,21-,40?/m1/s1. The van der Waals surface area contributed by atoms with Crippen molar-refractivity contribution in [3.63, 3.8) is 0 Å². The highest BCUT2D eigenvalue weighted by molar-refractivity contribution is 7.59. The Labute approximate surface area is 237 Å². The number of nitrogen functional groups attached to an aromatic ring is 1. The molecular formula is C27H47N6O6P. The maximum absolute atomic E-state index is 14.2. The summed E-state index contributed by atoms with van der Waals surface area (Å²) in [5, 5.41) is 5.76. The predicted molar refractivity (Wildman–Crippen MR) is 156 cm³/mol. The van der Waals surface area contributed by atoms with Gasteiger partial charge in [0.25, 0.3) is 0 Å². The summed E-state index contributed by atoms with van der Waals surface area (Å²) in [4.78, 5) is 34.1. The Morgan fingerprint density at radius 3 is 2.52 bits per heavy atom. The largest absolute Gasteiger partial charge is 0.464 e. The van der Waals surface area contributed by atoms with E-state index in [2.05, 4.69) is 27.1 Å². The van der Waals surface area contributed by atoms with Crippen LogP contribution in [0.2, 0.25) is 0 Å². The number of aromatic nitrogens is 3.